The molecule has 2 aromatic rings. The Morgan fingerprint density at radius 3 is 2.83 bits per heavy atom. The Kier molecular flexibility index (Phi) is 4.04. The molecule has 0 spiro atoms. The van der Waals surface area contributed by atoms with Crippen molar-refractivity contribution in [1.82, 2.24) is 9.88 Å². The van der Waals surface area contributed by atoms with Crippen molar-refractivity contribution in [3.05, 3.63) is 58.6 Å². The lowest BCUT2D eigenvalue weighted by atomic mass is 10.2. The molecule has 2 rings (SSSR count). The van der Waals surface area contributed by atoms with Gasteiger partial charge in [0.15, 0.2) is 0 Å². The molecule has 0 bridgehead atoms. The molecule has 0 aliphatic rings. The van der Waals surface area contributed by atoms with Gasteiger partial charge in [-0.3, -0.25) is 0 Å². The number of rotatable bonds is 4. The van der Waals surface area contributed by atoms with Crippen molar-refractivity contribution in [2.24, 2.45) is 0 Å². The van der Waals surface area contributed by atoms with Crippen LogP contribution in [0.4, 0.5) is 4.39 Å². The van der Waals surface area contributed by atoms with Crippen molar-refractivity contribution in [3.8, 4) is 0 Å². The number of nitrogens with one attached hydrogen (secondary N) is 1. The number of halogens is 2. The van der Waals surface area contributed by atoms with Crippen molar-refractivity contribution >= 4 is 11.6 Å². The molecule has 18 heavy (non-hydrogen) atoms. The summed E-state index contributed by atoms with van der Waals surface area (Å²) in [7, 11) is 1.92. The Labute approximate surface area is 111 Å². The predicted octanol–water partition coefficient (Wildman–Crippen LogP) is 3.61. The lowest BCUT2D eigenvalue weighted by Crippen LogP contribution is -2.11. The number of benzene rings is 1. The Morgan fingerprint density at radius 2 is 2.17 bits per heavy atom. The van der Waals surface area contributed by atoms with Crippen LogP contribution in [-0.4, -0.2) is 11.6 Å². The minimum Gasteiger partial charge on any atom is -0.349 e. The molecule has 1 atom stereocenters. The van der Waals surface area contributed by atoms with Gasteiger partial charge < -0.3 is 9.88 Å². The number of aromatic nitrogens is 1. The van der Waals surface area contributed by atoms with Crippen molar-refractivity contribution in [1.29, 1.82) is 0 Å². The van der Waals surface area contributed by atoms with E-state index in [1.807, 2.05) is 30.1 Å². The summed E-state index contributed by atoms with van der Waals surface area (Å²) in [5.74, 6) is -0.264. The van der Waals surface area contributed by atoms with Gasteiger partial charge >= 0.3 is 0 Å². The van der Waals surface area contributed by atoms with Crippen molar-refractivity contribution in [2.45, 2.75) is 19.5 Å². The average molecular weight is 267 g/mol. The summed E-state index contributed by atoms with van der Waals surface area (Å²) in [4.78, 5) is 0. The molecule has 0 amide bonds. The van der Waals surface area contributed by atoms with Crippen LogP contribution in [0.2, 0.25) is 5.02 Å². The summed E-state index contributed by atoms with van der Waals surface area (Å²) in [5, 5.41) is 3.60. The van der Waals surface area contributed by atoms with Crippen LogP contribution >= 0.6 is 11.6 Å². The summed E-state index contributed by atoms with van der Waals surface area (Å²) >= 11 is 5.73. The van der Waals surface area contributed by atoms with E-state index in [0.717, 1.165) is 0 Å². The fraction of sp³-hybridized carbons (Fsp3) is 0.286. The molecule has 0 saturated carbocycles. The molecule has 4 heteroatoms. The van der Waals surface area contributed by atoms with Gasteiger partial charge in [-0.1, -0.05) is 17.7 Å². The summed E-state index contributed by atoms with van der Waals surface area (Å²) < 4.78 is 15.6. The highest BCUT2D eigenvalue weighted by atomic mass is 35.5. The number of nitrogens with zero attached hydrogens (tertiary/aromatic N) is 1. The highest BCUT2D eigenvalue weighted by Crippen LogP contribution is 2.17. The highest BCUT2D eigenvalue weighted by Gasteiger charge is 2.07. The van der Waals surface area contributed by atoms with Crippen LogP contribution in [0.15, 0.2) is 36.7 Å². The van der Waals surface area contributed by atoms with Crippen LogP contribution in [0.3, 0.4) is 0 Å². The predicted molar refractivity (Wildman–Crippen MR) is 72.4 cm³/mol. The maximum atomic E-state index is 13.7. The monoisotopic (exact) mass is 266 g/mol. The van der Waals surface area contributed by atoms with Gasteiger partial charge in [0.2, 0.25) is 0 Å². The first-order chi connectivity index (χ1) is 8.60. The number of hydrogen-bond acceptors (Lipinski definition) is 1. The smallest absolute Gasteiger partial charge is 0.129 e. The standard InChI is InChI=1S/C14H16ClFN2/c1-10(17-2)11-5-6-18(8-11)9-12-3-4-13(15)7-14(12)16/h3-8,10,17H,9H2,1-2H3. The molecule has 0 saturated heterocycles. The Bertz CT molecular complexity index is 536. The van der Waals surface area contributed by atoms with E-state index in [4.69, 9.17) is 11.6 Å². The highest BCUT2D eigenvalue weighted by molar-refractivity contribution is 6.30. The van der Waals surface area contributed by atoms with Crippen LogP contribution in [0.25, 0.3) is 0 Å². The zero-order valence-electron chi connectivity index (χ0n) is 10.5. The van der Waals surface area contributed by atoms with Crippen LogP contribution < -0.4 is 5.32 Å². The summed E-state index contributed by atoms with van der Waals surface area (Å²) in [6, 6.07) is 7.10. The van der Waals surface area contributed by atoms with Gasteiger partial charge in [0, 0.05) is 35.6 Å². The second-order valence-electron chi connectivity index (χ2n) is 4.36. The molecule has 1 aromatic heterocycles. The van der Waals surface area contributed by atoms with Crippen LogP contribution in [0.1, 0.15) is 24.1 Å². The molecule has 0 aliphatic carbocycles. The zero-order chi connectivity index (χ0) is 13.1. The van der Waals surface area contributed by atoms with E-state index in [1.54, 1.807) is 12.1 Å². The fourth-order valence-electron chi connectivity index (χ4n) is 1.83. The third-order valence-corrected chi connectivity index (χ3v) is 3.31. The van der Waals surface area contributed by atoms with Gasteiger partial charge in [-0.2, -0.15) is 0 Å². The van der Waals surface area contributed by atoms with Crippen molar-refractivity contribution < 1.29 is 4.39 Å². The maximum Gasteiger partial charge on any atom is 0.129 e. The first-order valence-electron chi connectivity index (χ1n) is 5.87. The topological polar surface area (TPSA) is 17.0 Å². The van der Waals surface area contributed by atoms with Gasteiger partial charge in [-0.15, -0.1) is 0 Å². The molecule has 1 unspecified atom stereocenters. The van der Waals surface area contributed by atoms with Gasteiger partial charge in [0.25, 0.3) is 0 Å². The SMILES string of the molecule is CNC(C)c1ccn(Cc2ccc(Cl)cc2F)c1. The van der Waals surface area contributed by atoms with Crippen molar-refractivity contribution in [3.63, 3.8) is 0 Å². The van der Waals surface area contributed by atoms with Gasteiger partial charge in [0.05, 0.1) is 0 Å². The van der Waals surface area contributed by atoms with E-state index in [1.165, 1.54) is 11.6 Å². The van der Waals surface area contributed by atoms with E-state index in [2.05, 4.69) is 12.2 Å². The summed E-state index contributed by atoms with van der Waals surface area (Å²) in [5.41, 5.74) is 1.82. The molecule has 2 nitrogen and oxygen atoms in total. The molecule has 0 radical (unpaired) electrons. The van der Waals surface area contributed by atoms with Crippen molar-refractivity contribution in [2.75, 3.05) is 7.05 Å². The normalized spacial score (nSPS) is 12.7. The third kappa shape index (κ3) is 2.92. The lowest BCUT2D eigenvalue weighted by molar-refractivity contribution is 0.598. The third-order valence-electron chi connectivity index (χ3n) is 3.07. The second-order valence-corrected chi connectivity index (χ2v) is 4.80. The molecule has 0 fully saturated rings. The van der Waals surface area contributed by atoms with Gasteiger partial charge in [0.1, 0.15) is 5.82 Å². The van der Waals surface area contributed by atoms with Crippen LogP contribution in [-0.2, 0) is 6.54 Å². The molecular formula is C14H16ClFN2. The molecule has 1 N–H and O–H groups in total. The zero-order valence-corrected chi connectivity index (χ0v) is 11.2. The Hall–Kier alpha value is -1.32. The first-order valence-corrected chi connectivity index (χ1v) is 6.25. The Morgan fingerprint density at radius 1 is 1.39 bits per heavy atom. The fourth-order valence-corrected chi connectivity index (χ4v) is 1.99. The minimum absolute atomic E-state index is 0.264. The average Bonchev–Trinajstić information content (AvgIpc) is 2.80. The second kappa shape index (κ2) is 5.55. The van der Waals surface area contributed by atoms with E-state index in [9.17, 15) is 4.39 Å². The molecule has 0 aliphatic heterocycles. The quantitative estimate of drug-likeness (QED) is 0.895. The Balaban J connectivity index is 2.16. The lowest BCUT2D eigenvalue weighted by Gasteiger charge is -2.08. The first kappa shape index (κ1) is 13.1. The van der Waals surface area contributed by atoms with E-state index >= 15 is 0 Å². The van der Waals surface area contributed by atoms with E-state index in [-0.39, 0.29) is 5.82 Å². The van der Waals surface area contributed by atoms with Crippen LogP contribution in [0.5, 0.6) is 0 Å². The van der Waals surface area contributed by atoms with Gasteiger partial charge in [-0.25, -0.2) is 4.39 Å². The number of hydrogen-bond donors (Lipinski definition) is 1. The molecular weight excluding hydrogens is 251 g/mol. The van der Waals surface area contributed by atoms with E-state index in [0.29, 0.717) is 23.2 Å². The maximum absolute atomic E-state index is 13.7. The summed E-state index contributed by atoms with van der Waals surface area (Å²) in [6.07, 6.45) is 3.98. The van der Waals surface area contributed by atoms with E-state index < -0.39 is 0 Å². The summed E-state index contributed by atoms with van der Waals surface area (Å²) in [6.45, 7) is 2.60. The molecule has 1 heterocycles. The largest absolute Gasteiger partial charge is 0.349 e. The van der Waals surface area contributed by atoms with Gasteiger partial charge in [-0.05, 0) is 37.7 Å². The molecule has 1 aromatic carbocycles. The molecule has 96 valence electrons. The minimum atomic E-state index is -0.264. The van der Waals surface area contributed by atoms with Crippen LogP contribution in [0, 0.1) is 5.82 Å².